The van der Waals surface area contributed by atoms with E-state index in [9.17, 15) is 4.39 Å². The van der Waals surface area contributed by atoms with Gasteiger partial charge in [0.05, 0.1) is 0 Å². The van der Waals surface area contributed by atoms with Crippen molar-refractivity contribution in [1.29, 1.82) is 0 Å². The first kappa shape index (κ1) is 11.9. The maximum absolute atomic E-state index is 14.0. The van der Waals surface area contributed by atoms with Crippen molar-refractivity contribution in [1.82, 2.24) is 0 Å². The highest BCUT2D eigenvalue weighted by atomic mass is 35.5. The molecule has 1 aliphatic rings. The van der Waals surface area contributed by atoms with Crippen LogP contribution in [0.15, 0.2) is 24.3 Å². The van der Waals surface area contributed by atoms with Gasteiger partial charge >= 0.3 is 0 Å². The van der Waals surface area contributed by atoms with Crippen LogP contribution in [-0.2, 0) is 5.41 Å². The van der Waals surface area contributed by atoms with Gasteiger partial charge in [0.2, 0.25) is 0 Å². The molecule has 0 bridgehead atoms. The lowest BCUT2D eigenvalue weighted by Gasteiger charge is -2.29. The Morgan fingerprint density at radius 3 is 2.69 bits per heavy atom. The number of halogens is 2. The number of alkyl halides is 1. The standard InChI is InChI=1S/C13H17ClFN/c1-12(15)5-6-13(8-12,9-16)10-3-2-4-11(14)7-10/h2-4,7H,5-6,8-9,16H2,1H3. The van der Waals surface area contributed by atoms with E-state index in [1.165, 1.54) is 0 Å². The molecule has 88 valence electrons. The van der Waals surface area contributed by atoms with Crippen LogP contribution in [-0.4, -0.2) is 12.2 Å². The molecule has 1 aliphatic carbocycles. The Balaban J connectivity index is 2.36. The predicted molar refractivity (Wildman–Crippen MR) is 65.5 cm³/mol. The summed E-state index contributed by atoms with van der Waals surface area (Å²) in [7, 11) is 0. The highest BCUT2D eigenvalue weighted by Crippen LogP contribution is 2.47. The molecule has 0 heterocycles. The van der Waals surface area contributed by atoms with Gasteiger partial charge in [0.1, 0.15) is 5.67 Å². The summed E-state index contributed by atoms with van der Waals surface area (Å²) in [4.78, 5) is 0. The molecule has 1 aromatic carbocycles. The molecule has 2 unspecified atom stereocenters. The topological polar surface area (TPSA) is 26.0 Å². The van der Waals surface area contributed by atoms with Gasteiger partial charge in [-0.15, -0.1) is 0 Å². The fraction of sp³-hybridized carbons (Fsp3) is 0.538. The Morgan fingerprint density at radius 2 is 2.19 bits per heavy atom. The Morgan fingerprint density at radius 1 is 1.44 bits per heavy atom. The molecular formula is C13H17ClFN. The first-order chi connectivity index (χ1) is 7.47. The largest absolute Gasteiger partial charge is 0.330 e. The van der Waals surface area contributed by atoms with Crippen molar-refractivity contribution in [3.63, 3.8) is 0 Å². The van der Waals surface area contributed by atoms with Crippen LogP contribution in [0, 0.1) is 0 Å². The molecule has 1 nitrogen and oxygen atoms in total. The average molecular weight is 242 g/mol. The molecule has 2 atom stereocenters. The molecule has 0 saturated heterocycles. The molecule has 0 spiro atoms. The summed E-state index contributed by atoms with van der Waals surface area (Å²) in [6, 6.07) is 7.65. The third kappa shape index (κ3) is 2.09. The van der Waals surface area contributed by atoms with Crippen LogP contribution in [0.2, 0.25) is 5.02 Å². The molecule has 2 rings (SSSR count). The third-order valence-electron chi connectivity index (χ3n) is 3.66. The minimum absolute atomic E-state index is 0.228. The van der Waals surface area contributed by atoms with Gasteiger partial charge in [-0.05, 0) is 43.9 Å². The summed E-state index contributed by atoms with van der Waals surface area (Å²) in [5.41, 5.74) is 5.61. The molecule has 0 aliphatic heterocycles. The lowest BCUT2D eigenvalue weighted by atomic mass is 9.78. The van der Waals surface area contributed by atoms with E-state index in [1.807, 2.05) is 24.3 Å². The SMILES string of the molecule is CC1(F)CCC(CN)(c2cccc(Cl)c2)C1. The summed E-state index contributed by atoms with van der Waals surface area (Å²) >= 11 is 5.98. The van der Waals surface area contributed by atoms with Gasteiger partial charge in [0.15, 0.2) is 0 Å². The van der Waals surface area contributed by atoms with Gasteiger partial charge in [-0.25, -0.2) is 4.39 Å². The fourth-order valence-corrected chi connectivity index (χ4v) is 2.93. The van der Waals surface area contributed by atoms with Gasteiger partial charge in [0, 0.05) is 17.0 Å². The summed E-state index contributed by atoms with van der Waals surface area (Å²) < 4.78 is 14.0. The molecular weight excluding hydrogens is 225 g/mol. The van der Waals surface area contributed by atoms with Gasteiger partial charge in [-0.3, -0.25) is 0 Å². The minimum Gasteiger partial charge on any atom is -0.330 e. The molecule has 2 N–H and O–H groups in total. The Kier molecular flexibility index (Phi) is 2.97. The van der Waals surface area contributed by atoms with Gasteiger partial charge in [-0.2, -0.15) is 0 Å². The number of rotatable bonds is 2. The second kappa shape index (κ2) is 4.01. The fourth-order valence-electron chi connectivity index (χ4n) is 2.74. The molecule has 1 saturated carbocycles. The van der Waals surface area contributed by atoms with E-state index >= 15 is 0 Å². The zero-order chi connectivity index (χ0) is 11.8. The normalized spacial score (nSPS) is 34.2. The molecule has 0 amide bonds. The maximum atomic E-state index is 14.0. The van der Waals surface area contributed by atoms with E-state index < -0.39 is 5.67 Å². The van der Waals surface area contributed by atoms with E-state index in [0.717, 1.165) is 12.0 Å². The van der Waals surface area contributed by atoms with Crippen LogP contribution in [0.1, 0.15) is 31.7 Å². The van der Waals surface area contributed by atoms with Crippen LogP contribution < -0.4 is 5.73 Å². The zero-order valence-corrected chi connectivity index (χ0v) is 10.2. The third-order valence-corrected chi connectivity index (χ3v) is 3.89. The predicted octanol–water partition coefficient (Wildman–Crippen LogP) is 3.45. The summed E-state index contributed by atoms with van der Waals surface area (Å²) in [5, 5.41) is 0.692. The van der Waals surface area contributed by atoms with E-state index in [1.54, 1.807) is 6.92 Å². The van der Waals surface area contributed by atoms with E-state index in [0.29, 0.717) is 24.4 Å². The summed E-state index contributed by atoms with van der Waals surface area (Å²) in [6.45, 7) is 2.14. The summed E-state index contributed by atoms with van der Waals surface area (Å²) in [6.07, 6.45) is 1.88. The lowest BCUT2D eigenvalue weighted by Crippen LogP contribution is -2.34. The smallest absolute Gasteiger partial charge is 0.109 e. The van der Waals surface area contributed by atoms with Gasteiger partial charge in [0.25, 0.3) is 0 Å². The summed E-state index contributed by atoms with van der Waals surface area (Å²) in [5.74, 6) is 0. The van der Waals surface area contributed by atoms with Crippen LogP contribution in [0.3, 0.4) is 0 Å². The van der Waals surface area contributed by atoms with Gasteiger partial charge in [-0.1, -0.05) is 23.7 Å². The Bertz CT molecular complexity index is 391. The second-order valence-corrected chi connectivity index (χ2v) is 5.52. The average Bonchev–Trinajstić information content (AvgIpc) is 2.56. The number of hydrogen-bond donors (Lipinski definition) is 1. The molecule has 0 aromatic heterocycles. The van der Waals surface area contributed by atoms with Crippen LogP contribution in [0.5, 0.6) is 0 Å². The molecule has 16 heavy (non-hydrogen) atoms. The van der Waals surface area contributed by atoms with Crippen LogP contribution in [0.25, 0.3) is 0 Å². The second-order valence-electron chi connectivity index (χ2n) is 5.08. The number of hydrogen-bond acceptors (Lipinski definition) is 1. The van der Waals surface area contributed by atoms with E-state index in [2.05, 4.69) is 0 Å². The zero-order valence-electron chi connectivity index (χ0n) is 9.47. The molecule has 0 radical (unpaired) electrons. The van der Waals surface area contributed by atoms with Crippen LogP contribution >= 0.6 is 11.6 Å². The molecule has 1 aromatic rings. The maximum Gasteiger partial charge on any atom is 0.109 e. The van der Waals surface area contributed by atoms with Crippen molar-refractivity contribution in [2.45, 2.75) is 37.3 Å². The van der Waals surface area contributed by atoms with E-state index in [4.69, 9.17) is 17.3 Å². The number of nitrogens with two attached hydrogens (primary N) is 1. The Labute approximate surface area is 101 Å². The van der Waals surface area contributed by atoms with Crippen molar-refractivity contribution < 1.29 is 4.39 Å². The van der Waals surface area contributed by atoms with Crippen LogP contribution in [0.4, 0.5) is 4.39 Å². The molecule has 1 fully saturated rings. The quantitative estimate of drug-likeness (QED) is 0.843. The van der Waals surface area contributed by atoms with Crippen molar-refractivity contribution in [2.24, 2.45) is 5.73 Å². The Hall–Kier alpha value is -0.600. The lowest BCUT2D eigenvalue weighted by molar-refractivity contribution is 0.187. The van der Waals surface area contributed by atoms with Crippen molar-refractivity contribution in [3.05, 3.63) is 34.9 Å². The molecule has 3 heteroatoms. The minimum atomic E-state index is -1.10. The highest BCUT2D eigenvalue weighted by Gasteiger charge is 2.46. The monoisotopic (exact) mass is 241 g/mol. The highest BCUT2D eigenvalue weighted by molar-refractivity contribution is 6.30. The van der Waals surface area contributed by atoms with E-state index in [-0.39, 0.29) is 5.41 Å². The van der Waals surface area contributed by atoms with Crippen molar-refractivity contribution in [3.8, 4) is 0 Å². The first-order valence-electron chi connectivity index (χ1n) is 5.63. The first-order valence-corrected chi connectivity index (χ1v) is 6.00. The van der Waals surface area contributed by atoms with Gasteiger partial charge < -0.3 is 5.73 Å². The number of benzene rings is 1. The van der Waals surface area contributed by atoms with Crippen molar-refractivity contribution in [2.75, 3.05) is 6.54 Å². The van der Waals surface area contributed by atoms with Crippen molar-refractivity contribution >= 4 is 11.6 Å².